The van der Waals surface area contributed by atoms with Crippen LogP contribution < -0.4 is 9.16 Å². The van der Waals surface area contributed by atoms with E-state index in [1.54, 1.807) is 7.11 Å². The Balaban J connectivity index is 4.08. The fraction of sp³-hybridized carbons (Fsp3) is 0.650. The molecule has 0 amide bonds. The van der Waals surface area contributed by atoms with E-state index in [2.05, 4.69) is 145 Å². The van der Waals surface area contributed by atoms with Gasteiger partial charge in [-0.05, 0) is 98.3 Å². The van der Waals surface area contributed by atoms with Crippen LogP contribution in [0.4, 0.5) is 0 Å². The Morgan fingerprint density at radius 2 is 1.43 bits per heavy atom. The zero-order valence-corrected chi connectivity index (χ0v) is 36.4. The minimum Gasteiger partial charge on any atom is -0.543 e. The van der Waals surface area contributed by atoms with Crippen LogP contribution in [0.1, 0.15) is 106 Å². The molecule has 4 nitrogen and oxygen atoms in total. The first-order chi connectivity index (χ1) is 21.2. The lowest BCUT2D eigenvalue weighted by Crippen LogP contribution is -2.44. The third-order valence-corrected chi connectivity index (χ3v) is 23.9. The van der Waals surface area contributed by atoms with Crippen molar-refractivity contribution in [3.63, 3.8) is 0 Å². The van der Waals surface area contributed by atoms with Crippen LogP contribution in [0.5, 0.6) is 11.5 Å². The Morgan fingerprint density at radius 3 is 1.89 bits per heavy atom. The average molecular weight is 699 g/mol. The van der Waals surface area contributed by atoms with Crippen LogP contribution >= 0.6 is 0 Å². The van der Waals surface area contributed by atoms with Gasteiger partial charge in [0.05, 0.1) is 19.8 Å². The number of ether oxygens (including phenoxy) is 1. The lowest BCUT2D eigenvalue weighted by atomic mass is 9.98. The molecule has 0 bridgehead atoms. The second-order valence-electron chi connectivity index (χ2n) is 17.7. The van der Waals surface area contributed by atoms with E-state index in [-0.39, 0.29) is 21.2 Å². The summed E-state index contributed by atoms with van der Waals surface area (Å²) in [6, 6.07) is 4.38. The molecule has 0 fully saturated rings. The van der Waals surface area contributed by atoms with Gasteiger partial charge in [-0.3, -0.25) is 0 Å². The molecule has 0 unspecified atom stereocenters. The summed E-state index contributed by atoms with van der Waals surface area (Å²) >= 11 is 0. The van der Waals surface area contributed by atoms with E-state index in [9.17, 15) is 0 Å². The van der Waals surface area contributed by atoms with Crippen molar-refractivity contribution in [3.8, 4) is 23.8 Å². The minimum atomic E-state index is -2.25. The van der Waals surface area contributed by atoms with Crippen LogP contribution in [0.15, 0.2) is 48.1 Å². The summed E-state index contributed by atoms with van der Waals surface area (Å²) in [5, 5.41) is 0.149. The zero-order valence-electron chi connectivity index (χ0n) is 33.4. The Hall–Kier alpha value is -1.83. The van der Waals surface area contributed by atoms with E-state index in [4.69, 9.17) is 24.4 Å². The first-order valence-corrected chi connectivity index (χ1v) is 26.1. The molecule has 0 aliphatic rings. The van der Waals surface area contributed by atoms with Gasteiger partial charge >= 0.3 is 0 Å². The quantitative estimate of drug-likeness (QED) is 0.0745. The van der Waals surface area contributed by atoms with Gasteiger partial charge in [-0.15, -0.1) is 18.9 Å². The molecule has 0 spiro atoms. The second kappa shape index (κ2) is 16.7. The molecular weight excluding hydrogens is 629 g/mol. The van der Waals surface area contributed by atoms with Crippen molar-refractivity contribution in [1.29, 1.82) is 0 Å². The van der Waals surface area contributed by atoms with Crippen molar-refractivity contribution in [3.05, 3.63) is 59.2 Å². The molecule has 1 aromatic rings. The highest BCUT2D eigenvalue weighted by Crippen LogP contribution is 2.46. The third kappa shape index (κ3) is 12.5. The number of hydrogen-bond acceptors (Lipinski definition) is 4. The van der Waals surface area contributed by atoms with Gasteiger partial charge in [0.2, 0.25) is 8.32 Å². The number of methoxy groups -OCH3 is 1. The standard InChI is InChI=1S/C40H70O4Si3/c1-20-22-23-25-31(3)26-33-28-37(44-47(18,19)40(10,11)12)34(29-35(33)41-13)36(43-46(16,17)39(7,8)9)27-32(24-21-2)30-42-45(14,15)38(4,5)6/h1,21,25,27-29,36H,2,22-24,26,30H2,3-19H3/b31-25+,32-27+/t36-/m0/s1. The van der Waals surface area contributed by atoms with Crippen LogP contribution in [0.25, 0.3) is 0 Å². The van der Waals surface area contributed by atoms with Gasteiger partial charge in [0, 0.05) is 17.5 Å². The molecule has 1 aromatic carbocycles. The molecule has 1 rings (SSSR count). The molecule has 0 saturated heterocycles. The lowest BCUT2D eigenvalue weighted by molar-refractivity contribution is 0.222. The Morgan fingerprint density at radius 1 is 0.872 bits per heavy atom. The van der Waals surface area contributed by atoms with Crippen LogP contribution in [0.2, 0.25) is 54.4 Å². The highest BCUT2D eigenvalue weighted by molar-refractivity contribution is 6.75. The van der Waals surface area contributed by atoms with E-state index in [0.29, 0.717) is 6.61 Å². The zero-order chi connectivity index (χ0) is 36.6. The van der Waals surface area contributed by atoms with E-state index < -0.39 is 25.0 Å². The summed E-state index contributed by atoms with van der Waals surface area (Å²) in [6.07, 6.45) is 14.7. The van der Waals surface area contributed by atoms with E-state index in [1.165, 1.54) is 11.1 Å². The van der Waals surface area contributed by atoms with Crippen molar-refractivity contribution in [2.24, 2.45) is 0 Å². The number of allylic oxidation sites excluding steroid dienone is 3. The van der Waals surface area contributed by atoms with E-state index >= 15 is 0 Å². The molecule has 266 valence electrons. The minimum absolute atomic E-state index is 0.0140. The molecule has 0 aliphatic heterocycles. The maximum Gasteiger partial charge on any atom is 0.250 e. The fourth-order valence-electron chi connectivity index (χ4n) is 4.20. The molecule has 0 aromatic heterocycles. The first kappa shape index (κ1) is 43.2. The summed E-state index contributed by atoms with van der Waals surface area (Å²) in [4.78, 5) is 0. The molecule has 0 heterocycles. The summed E-state index contributed by atoms with van der Waals surface area (Å²) in [5.74, 6) is 4.46. The summed E-state index contributed by atoms with van der Waals surface area (Å²) in [5.41, 5.74) is 4.53. The number of terminal acetylenes is 1. The number of hydrogen-bond donors (Lipinski definition) is 0. The fourth-order valence-corrected chi connectivity index (χ4v) is 7.40. The predicted octanol–water partition coefficient (Wildman–Crippen LogP) is 12.6. The van der Waals surface area contributed by atoms with Crippen LogP contribution in [0.3, 0.4) is 0 Å². The monoisotopic (exact) mass is 698 g/mol. The summed E-state index contributed by atoms with van der Waals surface area (Å²) in [7, 11) is -4.70. The van der Waals surface area contributed by atoms with Gasteiger partial charge in [0.1, 0.15) is 11.5 Å². The van der Waals surface area contributed by atoms with Gasteiger partial charge in [0.15, 0.2) is 16.6 Å². The van der Waals surface area contributed by atoms with Gasteiger partial charge < -0.3 is 18.0 Å². The number of benzene rings is 1. The predicted molar refractivity (Wildman–Crippen MR) is 213 cm³/mol. The van der Waals surface area contributed by atoms with Crippen LogP contribution in [-0.4, -0.2) is 38.7 Å². The van der Waals surface area contributed by atoms with Crippen LogP contribution in [0, 0.1) is 12.3 Å². The Bertz CT molecular complexity index is 1290. The van der Waals surface area contributed by atoms with Crippen molar-refractivity contribution < 1.29 is 18.0 Å². The van der Waals surface area contributed by atoms with Crippen LogP contribution in [-0.2, 0) is 15.3 Å². The summed E-state index contributed by atoms with van der Waals surface area (Å²) < 4.78 is 27.4. The second-order valence-corrected chi connectivity index (χ2v) is 32.0. The molecule has 47 heavy (non-hydrogen) atoms. The highest BCUT2D eigenvalue weighted by atomic mass is 28.4. The number of unbranched alkanes of at least 4 members (excludes halogenated alkanes) is 1. The molecule has 1 atom stereocenters. The summed E-state index contributed by atoms with van der Waals surface area (Å²) in [6.45, 7) is 41.2. The van der Waals surface area contributed by atoms with Crippen molar-refractivity contribution in [1.82, 2.24) is 0 Å². The SMILES string of the molecule is C#CCC/C=C(\C)Cc1cc(O[Si](C)(C)C(C)(C)C)c([C@H](/C=C(\CC=C)CO[Si](C)(C)C(C)(C)C)O[Si](C)(C)C(C)(C)C)cc1OC. The smallest absolute Gasteiger partial charge is 0.250 e. The van der Waals surface area contributed by atoms with E-state index in [1.807, 2.05) is 6.08 Å². The van der Waals surface area contributed by atoms with Gasteiger partial charge in [-0.2, -0.15) is 0 Å². The Kier molecular flexibility index (Phi) is 15.4. The third-order valence-electron chi connectivity index (χ3n) is 10.6. The molecular formula is C40H70O4Si3. The van der Waals surface area contributed by atoms with Crippen molar-refractivity contribution in [2.75, 3.05) is 13.7 Å². The largest absolute Gasteiger partial charge is 0.543 e. The van der Waals surface area contributed by atoms with Gasteiger partial charge in [0.25, 0.3) is 0 Å². The maximum absolute atomic E-state index is 7.32. The van der Waals surface area contributed by atoms with Crippen molar-refractivity contribution in [2.45, 2.75) is 155 Å². The highest BCUT2D eigenvalue weighted by Gasteiger charge is 2.43. The van der Waals surface area contributed by atoms with Gasteiger partial charge in [-0.25, -0.2) is 0 Å². The lowest BCUT2D eigenvalue weighted by Gasteiger charge is -2.41. The molecule has 0 aliphatic carbocycles. The molecule has 0 radical (unpaired) electrons. The number of rotatable bonds is 16. The van der Waals surface area contributed by atoms with E-state index in [0.717, 1.165) is 48.3 Å². The van der Waals surface area contributed by atoms with Gasteiger partial charge in [-0.1, -0.05) is 86.1 Å². The molecule has 0 N–H and O–H groups in total. The average Bonchev–Trinajstić information content (AvgIpc) is 2.89. The molecule has 7 heteroatoms. The van der Waals surface area contributed by atoms with Crippen molar-refractivity contribution >= 4 is 25.0 Å². The molecule has 0 saturated carbocycles. The topological polar surface area (TPSA) is 36.9 Å². The normalized spacial score (nSPS) is 14.9. The Labute approximate surface area is 294 Å². The maximum atomic E-state index is 7.32. The first-order valence-electron chi connectivity index (χ1n) is 17.3.